The van der Waals surface area contributed by atoms with Crippen LogP contribution in [-0.4, -0.2) is 12.5 Å². The molecule has 1 heterocycles. The lowest BCUT2D eigenvalue weighted by atomic mass is 9.86. The number of hydrogen-bond donors (Lipinski definition) is 1. The van der Waals surface area contributed by atoms with E-state index >= 15 is 0 Å². The largest absolute Gasteiger partial charge is 0.351 e. The van der Waals surface area contributed by atoms with Crippen molar-refractivity contribution < 1.29 is 4.79 Å². The quantitative estimate of drug-likeness (QED) is 0.902. The Labute approximate surface area is 121 Å². The average Bonchev–Trinajstić information content (AvgIpc) is 2.43. The Morgan fingerprint density at radius 2 is 1.95 bits per heavy atom. The first kappa shape index (κ1) is 12.4. The molecule has 0 fully saturated rings. The molecule has 1 atom stereocenters. The van der Waals surface area contributed by atoms with Crippen LogP contribution < -0.4 is 5.32 Å². The number of nitrogens with one attached hydrogen (secondary N) is 1. The molecule has 0 saturated carbocycles. The molecule has 2 aromatic rings. The summed E-state index contributed by atoms with van der Waals surface area (Å²) >= 11 is 3.49. The third-order valence-corrected chi connectivity index (χ3v) is 4.03. The van der Waals surface area contributed by atoms with Gasteiger partial charge in [0.2, 0.25) is 0 Å². The number of carbonyl (C=O) groups excluding carboxylic acids is 1. The molecule has 1 aliphatic heterocycles. The minimum absolute atomic E-state index is 0.0341. The van der Waals surface area contributed by atoms with Crippen LogP contribution in [0.5, 0.6) is 0 Å². The zero-order chi connectivity index (χ0) is 13.2. The maximum atomic E-state index is 11.9. The molecule has 19 heavy (non-hydrogen) atoms. The van der Waals surface area contributed by atoms with Gasteiger partial charge in [0.05, 0.1) is 0 Å². The summed E-state index contributed by atoms with van der Waals surface area (Å²) in [4.78, 5) is 11.9. The predicted molar refractivity (Wildman–Crippen MR) is 79.4 cm³/mol. The van der Waals surface area contributed by atoms with Crippen LogP contribution in [-0.2, 0) is 6.42 Å². The first-order valence-corrected chi connectivity index (χ1v) is 7.15. The van der Waals surface area contributed by atoms with Crippen LogP contribution in [0.1, 0.15) is 27.4 Å². The van der Waals surface area contributed by atoms with Crippen molar-refractivity contribution in [3.8, 4) is 0 Å². The zero-order valence-electron chi connectivity index (χ0n) is 10.4. The average molecular weight is 316 g/mol. The van der Waals surface area contributed by atoms with Gasteiger partial charge in [-0.3, -0.25) is 4.79 Å². The van der Waals surface area contributed by atoms with Crippen LogP contribution in [0, 0.1) is 0 Å². The third-order valence-electron chi connectivity index (χ3n) is 3.53. The van der Waals surface area contributed by atoms with Crippen molar-refractivity contribution in [3.63, 3.8) is 0 Å². The summed E-state index contributed by atoms with van der Waals surface area (Å²) < 4.78 is 1.03. The summed E-state index contributed by atoms with van der Waals surface area (Å²) in [5, 5.41) is 2.97. The Morgan fingerprint density at radius 3 is 2.74 bits per heavy atom. The Bertz CT molecular complexity index is 609. The highest BCUT2D eigenvalue weighted by molar-refractivity contribution is 9.10. The van der Waals surface area contributed by atoms with Gasteiger partial charge in [0, 0.05) is 22.5 Å². The first-order valence-electron chi connectivity index (χ1n) is 6.35. The molecule has 0 aromatic heterocycles. The van der Waals surface area contributed by atoms with Crippen molar-refractivity contribution in [2.75, 3.05) is 6.54 Å². The number of fused-ring (bicyclic) bond motifs is 1. The highest BCUT2D eigenvalue weighted by Gasteiger charge is 2.25. The molecule has 1 amide bonds. The van der Waals surface area contributed by atoms with E-state index in [-0.39, 0.29) is 5.91 Å². The van der Waals surface area contributed by atoms with Crippen molar-refractivity contribution in [1.29, 1.82) is 0 Å². The summed E-state index contributed by atoms with van der Waals surface area (Å²) in [5.41, 5.74) is 3.24. The maximum absolute atomic E-state index is 11.9. The smallest absolute Gasteiger partial charge is 0.251 e. The van der Waals surface area contributed by atoms with Gasteiger partial charge in [-0.1, -0.05) is 46.3 Å². The van der Waals surface area contributed by atoms with Gasteiger partial charge in [-0.15, -0.1) is 0 Å². The number of carbonyl (C=O) groups is 1. The number of hydrogen-bond acceptors (Lipinski definition) is 1. The third kappa shape index (κ3) is 2.56. The molecule has 0 aliphatic carbocycles. The van der Waals surface area contributed by atoms with E-state index in [2.05, 4.69) is 51.6 Å². The van der Waals surface area contributed by atoms with Gasteiger partial charge < -0.3 is 5.32 Å². The summed E-state index contributed by atoms with van der Waals surface area (Å²) in [5.74, 6) is 0.374. The molecule has 1 N–H and O–H groups in total. The second-order valence-corrected chi connectivity index (χ2v) is 5.74. The van der Waals surface area contributed by atoms with E-state index in [1.54, 1.807) is 0 Å². The van der Waals surface area contributed by atoms with Crippen molar-refractivity contribution >= 4 is 21.8 Å². The molecule has 0 unspecified atom stereocenters. The molecule has 0 saturated heterocycles. The number of benzene rings is 2. The van der Waals surface area contributed by atoms with E-state index in [9.17, 15) is 4.79 Å². The topological polar surface area (TPSA) is 29.1 Å². The standard InChI is InChI=1S/C16H14BrNO/c17-13-6-7-14-15(9-13)12(10-18-16(14)19)8-11-4-2-1-3-5-11/h1-7,9,12H,8,10H2,(H,18,19)/t12-/m0/s1. The Kier molecular flexibility index (Phi) is 3.38. The Hall–Kier alpha value is -1.61. The zero-order valence-corrected chi connectivity index (χ0v) is 12.0. The predicted octanol–water partition coefficient (Wildman–Crippen LogP) is 3.52. The summed E-state index contributed by atoms with van der Waals surface area (Å²) in [6.07, 6.45) is 0.949. The van der Waals surface area contributed by atoms with E-state index < -0.39 is 0 Å². The van der Waals surface area contributed by atoms with Gasteiger partial charge >= 0.3 is 0 Å². The van der Waals surface area contributed by atoms with Gasteiger partial charge in [-0.25, -0.2) is 0 Å². The van der Waals surface area contributed by atoms with Crippen molar-refractivity contribution in [1.82, 2.24) is 5.32 Å². The van der Waals surface area contributed by atoms with Gasteiger partial charge in [-0.05, 0) is 35.7 Å². The normalized spacial score (nSPS) is 17.7. The molecule has 2 aromatic carbocycles. The van der Waals surface area contributed by atoms with Gasteiger partial charge in [0.15, 0.2) is 0 Å². The molecule has 0 radical (unpaired) electrons. The summed E-state index contributed by atoms with van der Waals surface area (Å²) in [6, 6.07) is 16.3. The van der Waals surface area contributed by atoms with Crippen LogP contribution in [0.4, 0.5) is 0 Å². The molecular weight excluding hydrogens is 302 g/mol. The molecule has 1 aliphatic rings. The van der Waals surface area contributed by atoms with Crippen molar-refractivity contribution in [3.05, 3.63) is 69.7 Å². The van der Waals surface area contributed by atoms with E-state index in [0.29, 0.717) is 12.5 Å². The second kappa shape index (κ2) is 5.17. The Morgan fingerprint density at radius 1 is 1.16 bits per heavy atom. The van der Waals surface area contributed by atoms with Crippen LogP contribution in [0.15, 0.2) is 53.0 Å². The molecule has 0 spiro atoms. The highest BCUT2D eigenvalue weighted by Crippen LogP contribution is 2.29. The number of amides is 1. The fourth-order valence-electron chi connectivity index (χ4n) is 2.58. The lowest BCUT2D eigenvalue weighted by molar-refractivity contribution is 0.0940. The highest BCUT2D eigenvalue weighted by atomic mass is 79.9. The molecular formula is C16H14BrNO. The molecule has 96 valence electrons. The second-order valence-electron chi connectivity index (χ2n) is 4.83. The van der Waals surface area contributed by atoms with Crippen molar-refractivity contribution in [2.45, 2.75) is 12.3 Å². The van der Waals surface area contributed by atoms with Crippen LogP contribution in [0.25, 0.3) is 0 Å². The van der Waals surface area contributed by atoms with Crippen LogP contribution >= 0.6 is 15.9 Å². The van der Waals surface area contributed by atoms with Crippen LogP contribution in [0.3, 0.4) is 0 Å². The monoisotopic (exact) mass is 315 g/mol. The minimum atomic E-state index is 0.0341. The van der Waals surface area contributed by atoms with Gasteiger partial charge in [0.1, 0.15) is 0 Å². The molecule has 3 heteroatoms. The van der Waals surface area contributed by atoms with E-state index in [1.807, 2.05) is 18.2 Å². The van der Waals surface area contributed by atoms with Crippen molar-refractivity contribution in [2.24, 2.45) is 0 Å². The molecule has 3 rings (SSSR count). The van der Waals surface area contributed by atoms with E-state index in [1.165, 1.54) is 5.56 Å². The lowest BCUT2D eigenvalue weighted by Crippen LogP contribution is -2.35. The fraction of sp³-hybridized carbons (Fsp3) is 0.188. The fourth-order valence-corrected chi connectivity index (χ4v) is 2.96. The Balaban J connectivity index is 1.95. The lowest BCUT2D eigenvalue weighted by Gasteiger charge is -2.26. The van der Waals surface area contributed by atoms with E-state index in [0.717, 1.165) is 22.0 Å². The maximum Gasteiger partial charge on any atom is 0.251 e. The van der Waals surface area contributed by atoms with E-state index in [4.69, 9.17) is 0 Å². The molecule has 2 nitrogen and oxygen atoms in total. The minimum Gasteiger partial charge on any atom is -0.351 e. The first-order chi connectivity index (χ1) is 9.24. The summed E-state index contributed by atoms with van der Waals surface area (Å²) in [6.45, 7) is 0.706. The molecule has 0 bridgehead atoms. The SMILES string of the molecule is O=C1NC[C@H](Cc2ccccc2)c2cc(Br)ccc21. The number of halogens is 1. The van der Waals surface area contributed by atoms with Gasteiger partial charge in [0.25, 0.3) is 5.91 Å². The number of rotatable bonds is 2. The van der Waals surface area contributed by atoms with Gasteiger partial charge in [-0.2, -0.15) is 0 Å². The summed E-state index contributed by atoms with van der Waals surface area (Å²) in [7, 11) is 0. The van der Waals surface area contributed by atoms with Crippen LogP contribution in [0.2, 0.25) is 0 Å².